The first-order valence-electron chi connectivity index (χ1n) is 9.38. The number of hydrogen-bond acceptors (Lipinski definition) is 5. The lowest BCUT2D eigenvalue weighted by Gasteiger charge is -2.23. The van der Waals surface area contributed by atoms with Gasteiger partial charge in [-0.25, -0.2) is 8.42 Å². The molecular weight excluding hydrogens is 394 g/mol. The molecule has 0 aromatic heterocycles. The van der Waals surface area contributed by atoms with E-state index in [1.54, 1.807) is 25.1 Å². The number of hydrogen-bond donors (Lipinski definition) is 2. The Hall–Kier alpha value is -2.91. The van der Waals surface area contributed by atoms with Crippen LogP contribution < -0.4 is 15.4 Å². The highest BCUT2D eigenvalue weighted by Crippen LogP contribution is 2.32. The van der Waals surface area contributed by atoms with E-state index in [-0.39, 0.29) is 16.7 Å². The number of ether oxygens (including phenoxy) is 1. The van der Waals surface area contributed by atoms with Crippen LogP contribution in [0.4, 0.5) is 11.4 Å². The highest BCUT2D eigenvalue weighted by atomic mass is 32.2. The first-order chi connectivity index (χ1) is 13.8. The van der Waals surface area contributed by atoms with Gasteiger partial charge in [0.05, 0.1) is 10.6 Å². The Morgan fingerprint density at radius 3 is 2.52 bits per heavy atom. The number of benzene rings is 2. The molecule has 29 heavy (non-hydrogen) atoms. The Labute approximate surface area is 168 Å². The number of amides is 2. The van der Waals surface area contributed by atoms with Gasteiger partial charge in [0.15, 0.2) is 6.10 Å². The summed E-state index contributed by atoms with van der Waals surface area (Å²) in [6.07, 6.45) is 1.16. The Bertz CT molecular complexity index is 1060. The smallest absolute Gasteiger partial charge is 0.265 e. The van der Waals surface area contributed by atoms with Gasteiger partial charge in [0.1, 0.15) is 5.75 Å². The fourth-order valence-corrected chi connectivity index (χ4v) is 4.86. The first-order valence-corrected chi connectivity index (χ1v) is 10.8. The van der Waals surface area contributed by atoms with E-state index >= 15 is 0 Å². The Morgan fingerprint density at radius 2 is 1.83 bits per heavy atom. The number of fused-ring (bicyclic) bond motifs is 1. The fourth-order valence-electron chi connectivity index (χ4n) is 3.35. The molecule has 0 unspecified atom stereocenters. The highest BCUT2D eigenvalue weighted by molar-refractivity contribution is 7.89. The molecule has 0 bridgehead atoms. The van der Waals surface area contributed by atoms with Gasteiger partial charge >= 0.3 is 0 Å². The van der Waals surface area contributed by atoms with Crippen LogP contribution in [0.15, 0.2) is 47.4 Å². The molecule has 1 saturated heterocycles. The zero-order valence-electron chi connectivity index (χ0n) is 15.8. The second kappa shape index (κ2) is 7.49. The van der Waals surface area contributed by atoms with Crippen molar-refractivity contribution < 1.29 is 22.7 Å². The van der Waals surface area contributed by atoms with Crippen molar-refractivity contribution in [3.8, 4) is 5.75 Å². The third kappa shape index (κ3) is 3.83. The number of nitrogens with one attached hydrogen (secondary N) is 2. The van der Waals surface area contributed by atoms with Crippen molar-refractivity contribution in [2.45, 2.75) is 30.8 Å². The molecule has 0 saturated carbocycles. The van der Waals surface area contributed by atoms with E-state index < -0.39 is 16.1 Å². The molecule has 0 radical (unpaired) electrons. The largest absolute Gasteiger partial charge is 0.479 e. The molecule has 2 aromatic carbocycles. The number of anilines is 2. The molecule has 2 aromatic rings. The molecular formula is C20H21N3O5S. The fraction of sp³-hybridized carbons (Fsp3) is 0.300. The van der Waals surface area contributed by atoms with Crippen molar-refractivity contribution in [2.24, 2.45) is 0 Å². The lowest BCUT2D eigenvalue weighted by atomic mass is 10.2. The average molecular weight is 415 g/mol. The minimum Gasteiger partial charge on any atom is -0.479 e. The SMILES string of the molecule is C[C@@H]1Oc2ccc(NC(=O)c3ccc(S(=O)(=O)N4CCCC4)cc3)cc2NC1=O. The predicted octanol–water partition coefficient (Wildman–Crippen LogP) is 2.44. The second-order valence-electron chi connectivity index (χ2n) is 7.05. The minimum absolute atomic E-state index is 0.179. The number of carbonyl (C=O) groups excluding carboxylic acids is 2. The summed E-state index contributed by atoms with van der Waals surface area (Å²) in [7, 11) is -3.51. The molecule has 2 aliphatic rings. The molecule has 2 amide bonds. The van der Waals surface area contributed by atoms with Crippen LogP contribution in [0.3, 0.4) is 0 Å². The number of nitrogens with zero attached hydrogens (tertiary/aromatic N) is 1. The maximum Gasteiger partial charge on any atom is 0.265 e. The van der Waals surface area contributed by atoms with Crippen molar-refractivity contribution in [1.82, 2.24) is 4.31 Å². The summed E-state index contributed by atoms with van der Waals surface area (Å²) in [6, 6.07) is 10.8. The molecule has 1 atom stereocenters. The van der Waals surface area contributed by atoms with Gasteiger partial charge in [-0.15, -0.1) is 0 Å². The van der Waals surface area contributed by atoms with Gasteiger partial charge in [-0.2, -0.15) is 4.31 Å². The van der Waals surface area contributed by atoms with Crippen LogP contribution in [0.2, 0.25) is 0 Å². The molecule has 0 aliphatic carbocycles. The summed E-state index contributed by atoms with van der Waals surface area (Å²) in [4.78, 5) is 24.4. The van der Waals surface area contributed by atoms with Gasteiger partial charge in [-0.05, 0) is 62.2 Å². The van der Waals surface area contributed by atoms with Gasteiger partial charge in [0, 0.05) is 24.3 Å². The molecule has 4 rings (SSSR count). The van der Waals surface area contributed by atoms with Crippen LogP contribution in [0.25, 0.3) is 0 Å². The third-order valence-electron chi connectivity index (χ3n) is 4.99. The zero-order chi connectivity index (χ0) is 20.6. The van der Waals surface area contributed by atoms with Crippen molar-refractivity contribution in [2.75, 3.05) is 23.7 Å². The number of carbonyl (C=O) groups is 2. The Kier molecular flexibility index (Phi) is 5.01. The molecule has 9 heteroatoms. The van der Waals surface area contributed by atoms with Crippen LogP contribution in [0, 0.1) is 0 Å². The van der Waals surface area contributed by atoms with Crippen LogP contribution in [0.1, 0.15) is 30.1 Å². The van der Waals surface area contributed by atoms with Crippen molar-refractivity contribution in [1.29, 1.82) is 0 Å². The average Bonchev–Trinajstić information content (AvgIpc) is 3.25. The van der Waals surface area contributed by atoms with Crippen molar-refractivity contribution in [3.05, 3.63) is 48.0 Å². The van der Waals surface area contributed by atoms with Gasteiger partial charge in [-0.3, -0.25) is 9.59 Å². The molecule has 2 aliphatic heterocycles. The summed E-state index contributed by atoms with van der Waals surface area (Å²) >= 11 is 0. The summed E-state index contributed by atoms with van der Waals surface area (Å²) in [5.41, 5.74) is 1.30. The van der Waals surface area contributed by atoms with Gasteiger partial charge in [-0.1, -0.05) is 0 Å². The maximum atomic E-state index is 12.6. The summed E-state index contributed by atoms with van der Waals surface area (Å²) < 4.78 is 32.1. The summed E-state index contributed by atoms with van der Waals surface area (Å²) in [5, 5.41) is 5.47. The summed E-state index contributed by atoms with van der Waals surface area (Å²) in [5.74, 6) is -0.103. The van der Waals surface area contributed by atoms with Crippen molar-refractivity contribution in [3.63, 3.8) is 0 Å². The van der Waals surface area contributed by atoms with Crippen LogP contribution >= 0.6 is 0 Å². The minimum atomic E-state index is -3.51. The van der Waals surface area contributed by atoms with Crippen LogP contribution in [0.5, 0.6) is 5.75 Å². The highest BCUT2D eigenvalue weighted by Gasteiger charge is 2.27. The lowest BCUT2D eigenvalue weighted by molar-refractivity contribution is -0.122. The normalized spacial score (nSPS) is 19.2. The monoisotopic (exact) mass is 415 g/mol. The number of sulfonamides is 1. The zero-order valence-corrected chi connectivity index (χ0v) is 16.7. The van der Waals surface area contributed by atoms with E-state index in [0.29, 0.717) is 35.8 Å². The lowest BCUT2D eigenvalue weighted by Crippen LogP contribution is -2.34. The van der Waals surface area contributed by atoms with Gasteiger partial charge in [0.25, 0.3) is 11.8 Å². The van der Waals surface area contributed by atoms with E-state index in [1.165, 1.54) is 28.6 Å². The predicted molar refractivity (Wildman–Crippen MR) is 108 cm³/mol. The second-order valence-corrected chi connectivity index (χ2v) is 8.99. The maximum absolute atomic E-state index is 12.6. The molecule has 1 fully saturated rings. The van der Waals surface area contributed by atoms with Crippen molar-refractivity contribution >= 4 is 33.2 Å². The van der Waals surface area contributed by atoms with Crippen LogP contribution in [-0.2, 0) is 14.8 Å². The Balaban J connectivity index is 1.48. The van der Waals surface area contributed by atoms with Gasteiger partial charge < -0.3 is 15.4 Å². The van der Waals surface area contributed by atoms with E-state index in [9.17, 15) is 18.0 Å². The third-order valence-corrected chi connectivity index (χ3v) is 6.90. The molecule has 2 N–H and O–H groups in total. The first kappa shape index (κ1) is 19.4. The molecule has 0 spiro atoms. The topological polar surface area (TPSA) is 105 Å². The number of rotatable bonds is 4. The summed E-state index contributed by atoms with van der Waals surface area (Å²) in [6.45, 7) is 2.71. The molecule has 8 nitrogen and oxygen atoms in total. The van der Waals surface area contributed by atoms with Crippen LogP contribution in [-0.4, -0.2) is 43.7 Å². The molecule has 2 heterocycles. The Morgan fingerprint density at radius 1 is 1.14 bits per heavy atom. The molecule has 152 valence electrons. The van der Waals surface area contributed by atoms with E-state index in [4.69, 9.17) is 4.74 Å². The standard InChI is InChI=1S/C20H21N3O5S/c1-13-19(24)22-17-12-15(6-9-18(17)28-13)21-20(25)14-4-7-16(8-5-14)29(26,27)23-10-2-3-11-23/h4-9,12-13H,2-3,10-11H2,1H3,(H,21,25)(H,22,24)/t13-/m0/s1. The van der Waals surface area contributed by atoms with E-state index in [0.717, 1.165) is 12.8 Å². The van der Waals surface area contributed by atoms with E-state index in [2.05, 4.69) is 10.6 Å². The van der Waals surface area contributed by atoms with E-state index in [1.807, 2.05) is 0 Å². The van der Waals surface area contributed by atoms with Gasteiger partial charge in [0.2, 0.25) is 10.0 Å². The quantitative estimate of drug-likeness (QED) is 0.798.